The molecule has 0 heterocycles. The van der Waals surface area contributed by atoms with Crippen LogP contribution in [0.1, 0.15) is 18.4 Å². The summed E-state index contributed by atoms with van der Waals surface area (Å²) in [5, 5.41) is 8.89. The lowest BCUT2D eigenvalue weighted by Crippen LogP contribution is -2.31. The summed E-state index contributed by atoms with van der Waals surface area (Å²) in [6.07, 6.45) is 1.05. The van der Waals surface area contributed by atoms with Gasteiger partial charge in [0, 0.05) is 0 Å². The first-order valence-corrected chi connectivity index (χ1v) is 6.02. The topological polar surface area (TPSA) is 46.5 Å². The van der Waals surface area contributed by atoms with Crippen LogP contribution in [0, 0.1) is 0 Å². The van der Waals surface area contributed by atoms with Crippen LogP contribution in [-0.2, 0) is 16.0 Å². The van der Waals surface area contributed by atoms with Gasteiger partial charge in [0.05, 0.1) is 12.5 Å². The quantitative estimate of drug-likeness (QED) is 0.627. The summed E-state index contributed by atoms with van der Waals surface area (Å²) in [7, 11) is 1.24. The molecule has 0 spiro atoms. The Morgan fingerprint density at radius 3 is 2.65 bits per heavy atom. The number of rotatable bonds is 6. The van der Waals surface area contributed by atoms with Crippen molar-refractivity contribution < 1.29 is 14.6 Å². The Morgan fingerprint density at radius 1 is 1.41 bits per heavy atom. The third-order valence-corrected chi connectivity index (χ3v) is 3.03. The molecule has 0 unspecified atom stereocenters. The molecular weight excluding hydrogens is 240 g/mol. The molecule has 94 valence electrons. The average Bonchev–Trinajstić information content (AvgIpc) is 2.38. The molecule has 0 aliphatic rings. The Kier molecular flexibility index (Phi) is 6.01. The molecule has 1 rings (SSSR count). The zero-order valence-corrected chi connectivity index (χ0v) is 10.6. The third kappa shape index (κ3) is 4.75. The smallest absolute Gasteiger partial charge is 0.336 e. The highest BCUT2D eigenvalue weighted by Crippen LogP contribution is 2.14. The average molecular weight is 257 g/mol. The molecule has 0 radical (unpaired) electrons. The summed E-state index contributed by atoms with van der Waals surface area (Å²) in [5.41, 5.74) is 1.23. The number of alkyl halides is 1. The van der Waals surface area contributed by atoms with Crippen molar-refractivity contribution in [1.29, 1.82) is 0 Å². The molecule has 0 aliphatic heterocycles. The van der Waals surface area contributed by atoms with Crippen molar-refractivity contribution >= 4 is 17.6 Å². The molecular formula is C13H17ClO3. The predicted molar refractivity (Wildman–Crippen MR) is 67.0 cm³/mol. The first-order valence-electron chi connectivity index (χ1n) is 5.59. The Hall–Kier alpha value is -1.06. The Morgan fingerprint density at radius 2 is 2.06 bits per heavy atom. The van der Waals surface area contributed by atoms with Crippen LogP contribution in [0.15, 0.2) is 30.3 Å². The number of aliphatic hydroxyl groups excluding tert-OH is 1. The van der Waals surface area contributed by atoms with Crippen LogP contribution in [-0.4, -0.2) is 29.7 Å². The number of carbonyl (C=O) groups excluding carboxylic acids is 1. The van der Waals surface area contributed by atoms with Crippen molar-refractivity contribution in [2.45, 2.75) is 30.7 Å². The van der Waals surface area contributed by atoms with Crippen LogP contribution >= 0.6 is 11.6 Å². The largest absolute Gasteiger partial charge is 0.467 e. The highest BCUT2D eigenvalue weighted by atomic mass is 35.5. The maximum atomic E-state index is 11.0. The van der Waals surface area contributed by atoms with Crippen LogP contribution in [0.3, 0.4) is 0 Å². The lowest BCUT2D eigenvalue weighted by molar-refractivity contribution is -0.150. The van der Waals surface area contributed by atoms with E-state index in [1.165, 1.54) is 12.7 Å². The number of hydrogen-bond donors (Lipinski definition) is 1. The maximum Gasteiger partial charge on any atom is 0.336 e. The van der Waals surface area contributed by atoms with E-state index in [4.69, 9.17) is 11.6 Å². The van der Waals surface area contributed by atoms with Gasteiger partial charge in [0.2, 0.25) is 0 Å². The van der Waals surface area contributed by atoms with Crippen molar-refractivity contribution in [2.75, 3.05) is 7.11 Å². The van der Waals surface area contributed by atoms with Gasteiger partial charge in [0.15, 0.2) is 6.10 Å². The summed E-state index contributed by atoms with van der Waals surface area (Å²) in [4.78, 5) is 11.0. The predicted octanol–water partition coefficient (Wildman–Crippen LogP) is 2.15. The number of aliphatic hydroxyl groups is 1. The summed E-state index contributed by atoms with van der Waals surface area (Å²) in [6.45, 7) is 0. The third-order valence-electron chi connectivity index (χ3n) is 2.57. The molecule has 0 saturated heterocycles. The molecule has 0 aliphatic carbocycles. The van der Waals surface area contributed by atoms with Gasteiger partial charge < -0.3 is 9.84 Å². The summed E-state index contributed by atoms with van der Waals surface area (Å²) >= 11 is 5.92. The van der Waals surface area contributed by atoms with Crippen LogP contribution in [0.4, 0.5) is 0 Å². The zero-order valence-electron chi connectivity index (χ0n) is 9.80. The van der Waals surface area contributed by atoms with E-state index in [0.717, 1.165) is 12.8 Å². The van der Waals surface area contributed by atoms with Crippen molar-refractivity contribution in [2.24, 2.45) is 0 Å². The fourth-order valence-corrected chi connectivity index (χ4v) is 1.83. The Bertz CT molecular complexity index is 340. The van der Waals surface area contributed by atoms with Gasteiger partial charge in [-0.2, -0.15) is 0 Å². The first-order chi connectivity index (χ1) is 8.15. The standard InChI is InChI=1S/C13H17ClO3/c1-17-13(16)12(15)11(14)9-5-8-10-6-3-2-4-7-10/h2-4,6-7,11-12,15H,5,8-9H2,1H3/t11-,12-/m1/s1. The summed E-state index contributed by atoms with van der Waals surface area (Å²) in [6, 6.07) is 10.0. The van der Waals surface area contributed by atoms with E-state index < -0.39 is 17.5 Å². The molecule has 3 nitrogen and oxygen atoms in total. The van der Waals surface area contributed by atoms with E-state index in [0.29, 0.717) is 6.42 Å². The van der Waals surface area contributed by atoms with E-state index in [1.54, 1.807) is 0 Å². The number of methoxy groups -OCH3 is 1. The second-order valence-electron chi connectivity index (χ2n) is 3.86. The fourth-order valence-electron chi connectivity index (χ4n) is 1.57. The zero-order chi connectivity index (χ0) is 12.7. The van der Waals surface area contributed by atoms with Gasteiger partial charge >= 0.3 is 5.97 Å². The second kappa shape index (κ2) is 7.30. The second-order valence-corrected chi connectivity index (χ2v) is 4.42. The normalized spacial score (nSPS) is 14.1. The molecule has 0 saturated carbocycles. The van der Waals surface area contributed by atoms with Gasteiger partial charge in [-0.05, 0) is 24.8 Å². The van der Waals surface area contributed by atoms with Gasteiger partial charge in [-0.25, -0.2) is 4.79 Å². The number of aryl methyl sites for hydroxylation is 1. The van der Waals surface area contributed by atoms with Gasteiger partial charge in [-0.15, -0.1) is 11.6 Å². The lowest BCUT2D eigenvalue weighted by atomic mass is 10.1. The number of carbonyl (C=O) groups is 1. The minimum absolute atomic E-state index is 0.576. The van der Waals surface area contributed by atoms with Gasteiger partial charge in [-0.3, -0.25) is 0 Å². The highest BCUT2D eigenvalue weighted by molar-refractivity contribution is 6.22. The molecule has 0 bridgehead atoms. The molecule has 1 aromatic rings. The molecule has 17 heavy (non-hydrogen) atoms. The molecule has 0 amide bonds. The first kappa shape index (κ1) is 14.0. The number of esters is 1. The molecule has 1 N–H and O–H groups in total. The van der Waals surface area contributed by atoms with E-state index in [9.17, 15) is 9.90 Å². The molecule has 2 atom stereocenters. The summed E-state index contributed by atoms with van der Waals surface area (Å²) < 4.78 is 4.42. The minimum atomic E-state index is -1.24. The van der Waals surface area contributed by atoms with Crippen molar-refractivity contribution in [1.82, 2.24) is 0 Å². The summed E-state index contributed by atoms with van der Waals surface area (Å²) in [5.74, 6) is -0.676. The minimum Gasteiger partial charge on any atom is -0.467 e. The maximum absolute atomic E-state index is 11.0. The monoisotopic (exact) mass is 256 g/mol. The Labute approximate surface area is 106 Å². The van der Waals surface area contributed by atoms with Gasteiger partial charge in [0.25, 0.3) is 0 Å². The van der Waals surface area contributed by atoms with Crippen molar-refractivity contribution in [3.05, 3.63) is 35.9 Å². The van der Waals surface area contributed by atoms with E-state index in [-0.39, 0.29) is 0 Å². The van der Waals surface area contributed by atoms with Gasteiger partial charge in [-0.1, -0.05) is 30.3 Å². The molecule has 0 fully saturated rings. The SMILES string of the molecule is COC(=O)[C@H](O)[C@H](Cl)CCCc1ccccc1. The highest BCUT2D eigenvalue weighted by Gasteiger charge is 2.24. The number of benzene rings is 1. The van der Waals surface area contributed by atoms with Crippen molar-refractivity contribution in [3.63, 3.8) is 0 Å². The number of hydrogen-bond acceptors (Lipinski definition) is 3. The van der Waals surface area contributed by atoms with Crippen LogP contribution in [0.25, 0.3) is 0 Å². The molecule has 0 aromatic heterocycles. The van der Waals surface area contributed by atoms with Crippen LogP contribution in [0.2, 0.25) is 0 Å². The number of halogens is 1. The van der Waals surface area contributed by atoms with E-state index in [1.807, 2.05) is 30.3 Å². The van der Waals surface area contributed by atoms with E-state index in [2.05, 4.69) is 4.74 Å². The van der Waals surface area contributed by atoms with E-state index >= 15 is 0 Å². The molecule has 1 aromatic carbocycles. The lowest BCUT2D eigenvalue weighted by Gasteiger charge is -2.14. The van der Waals surface area contributed by atoms with Crippen molar-refractivity contribution in [3.8, 4) is 0 Å². The van der Waals surface area contributed by atoms with Crippen LogP contribution in [0.5, 0.6) is 0 Å². The molecule has 4 heteroatoms. The number of ether oxygens (including phenoxy) is 1. The Balaban J connectivity index is 2.29. The van der Waals surface area contributed by atoms with Crippen LogP contribution < -0.4 is 0 Å². The fraction of sp³-hybridized carbons (Fsp3) is 0.462. The van der Waals surface area contributed by atoms with Gasteiger partial charge in [0.1, 0.15) is 0 Å².